The number of ketones is 4. The van der Waals surface area contributed by atoms with Gasteiger partial charge in [-0.15, -0.1) is 0 Å². The Hall–Kier alpha value is -3.64. The molecule has 2 saturated carbocycles. The first-order valence-electron chi connectivity index (χ1n) is 11.8. The fourth-order valence-corrected chi connectivity index (χ4v) is 6.34. The fraction of sp³-hybridized carbons (Fsp3) is 0.520. The van der Waals surface area contributed by atoms with Gasteiger partial charge in [0.1, 0.15) is 5.75 Å². The summed E-state index contributed by atoms with van der Waals surface area (Å²) in [5, 5.41) is 25.0. The summed E-state index contributed by atoms with van der Waals surface area (Å²) < 4.78 is 0. The molecule has 3 aliphatic carbocycles. The molecular weight excluding hydrogens is 484 g/mol. The first-order chi connectivity index (χ1) is 17.1. The van der Waals surface area contributed by atoms with Gasteiger partial charge in [0.25, 0.3) is 0 Å². The number of phenolic OH excluding ortho intramolecular Hbond substituents is 1. The van der Waals surface area contributed by atoms with Gasteiger partial charge in [-0.2, -0.15) is 0 Å². The minimum atomic E-state index is -2.79. The molecule has 4 rings (SSSR count). The summed E-state index contributed by atoms with van der Waals surface area (Å²) in [6.45, 7) is 1.23. The SMILES string of the molecule is CC(=O)Nc1cc(N(C)C)c2c(c1O)C(=O)C1C(=O)[C@]3(O)C(=O)C(C(N)=O)C(=O)[C@@H](N(C)C)C3CC1C2. The lowest BCUT2D eigenvalue weighted by atomic mass is 9.52. The van der Waals surface area contributed by atoms with E-state index in [0.29, 0.717) is 11.3 Å². The highest BCUT2D eigenvalue weighted by Crippen LogP contribution is 2.52. The van der Waals surface area contributed by atoms with Gasteiger partial charge in [0.2, 0.25) is 11.8 Å². The number of aromatic hydroxyl groups is 1. The number of carbonyl (C=O) groups excluding carboxylic acids is 6. The third-order valence-electron chi connectivity index (χ3n) is 7.83. The molecule has 1 aromatic rings. The van der Waals surface area contributed by atoms with Crippen LogP contribution in [0.25, 0.3) is 0 Å². The van der Waals surface area contributed by atoms with Crippen LogP contribution in [-0.2, 0) is 30.4 Å². The third-order valence-corrected chi connectivity index (χ3v) is 7.83. The largest absolute Gasteiger partial charge is 0.505 e. The molecule has 12 heteroatoms. The Morgan fingerprint density at radius 2 is 1.73 bits per heavy atom. The number of anilines is 2. The van der Waals surface area contributed by atoms with Gasteiger partial charge < -0.3 is 26.2 Å². The van der Waals surface area contributed by atoms with E-state index in [2.05, 4.69) is 5.32 Å². The second-order valence-corrected chi connectivity index (χ2v) is 10.5. The van der Waals surface area contributed by atoms with Gasteiger partial charge in [-0.3, -0.25) is 33.7 Å². The van der Waals surface area contributed by atoms with Crippen molar-refractivity contribution in [3.8, 4) is 5.75 Å². The molecule has 0 aliphatic heterocycles. The van der Waals surface area contributed by atoms with Crippen LogP contribution in [-0.4, -0.2) is 89.9 Å². The highest BCUT2D eigenvalue weighted by molar-refractivity contribution is 6.32. The van der Waals surface area contributed by atoms with E-state index >= 15 is 0 Å². The maximum absolute atomic E-state index is 13.8. The van der Waals surface area contributed by atoms with E-state index in [-0.39, 0.29) is 24.1 Å². The first kappa shape index (κ1) is 26.4. The molecule has 198 valence electrons. The van der Waals surface area contributed by atoms with Crippen LogP contribution in [0.4, 0.5) is 11.4 Å². The summed E-state index contributed by atoms with van der Waals surface area (Å²) >= 11 is 0. The lowest BCUT2D eigenvalue weighted by Crippen LogP contribution is -2.74. The molecule has 0 bridgehead atoms. The van der Waals surface area contributed by atoms with Crippen molar-refractivity contribution in [3.63, 3.8) is 0 Å². The number of carbonyl (C=O) groups is 6. The number of Topliss-reactive ketones (excluding diaryl/α,β-unsaturated/α-hetero) is 4. The Morgan fingerprint density at radius 1 is 1.11 bits per heavy atom. The molecule has 2 fully saturated rings. The van der Waals surface area contributed by atoms with Crippen LogP contribution in [0.15, 0.2) is 6.07 Å². The summed E-state index contributed by atoms with van der Waals surface area (Å²) in [5.41, 5.74) is 3.31. The van der Waals surface area contributed by atoms with E-state index in [1.165, 1.54) is 32.0 Å². The van der Waals surface area contributed by atoms with Crippen LogP contribution >= 0.6 is 0 Å². The molecule has 0 radical (unpaired) electrons. The standard InChI is InChI=1S/C25H30N4O8/c1-9(30)27-13-8-14(28(2)3)11-6-10-7-12-18(29(4)5)21(33)17(24(26)36)23(35)25(12,37)22(34)15(10)20(32)16(11)19(13)31/h8,10,12,15,17-18,31,37H,6-7H2,1-5H3,(H2,26,36)(H,27,30)/t10?,12?,15?,17?,18-,25-/m0/s1. The van der Waals surface area contributed by atoms with Crippen molar-refractivity contribution >= 4 is 46.3 Å². The number of hydrogen-bond acceptors (Lipinski definition) is 10. The number of nitrogens with one attached hydrogen (secondary N) is 1. The van der Waals surface area contributed by atoms with Crippen LogP contribution in [0.2, 0.25) is 0 Å². The Bertz CT molecular complexity index is 1270. The number of fused-ring (bicyclic) bond motifs is 3. The maximum Gasteiger partial charge on any atom is 0.235 e. The van der Waals surface area contributed by atoms with Crippen molar-refractivity contribution in [2.45, 2.75) is 31.4 Å². The summed E-state index contributed by atoms with van der Waals surface area (Å²) in [6, 6.07) is 0.364. The zero-order valence-electron chi connectivity index (χ0n) is 21.2. The van der Waals surface area contributed by atoms with E-state index in [9.17, 15) is 39.0 Å². The van der Waals surface area contributed by atoms with Crippen molar-refractivity contribution in [2.24, 2.45) is 29.4 Å². The predicted molar refractivity (Wildman–Crippen MR) is 130 cm³/mol. The summed E-state index contributed by atoms with van der Waals surface area (Å²) in [6.07, 6.45) is 0.0955. The number of nitrogens with zero attached hydrogens (tertiary/aromatic N) is 2. The number of likely N-dealkylation sites (N-methyl/N-ethyl adjacent to an activating group) is 1. The smallest absolute Gasteiger partial charge is 0.235 e. The van der Waals surface area contributed by atoms with E-state index in [0.717, 1.165) is 0 Å². The summed E-state index contributed by atoms with van der Waals surface area (Å²) in [7, 11) is 6.49. The zero-order valence-corrected chi connectivity index (χ0v) is 21.2. The number of nitrogens with two attached hydrogens (primary N) is 1. The average Bonchev–Trinajstić information content (AvgIpc) is 2.77. The highest BCUT2D eigenvalue weighted by atomic mass is 16.3. The monoisotopic (exact) mass is 514 g/mol. The third kappa shape index (κ3) is 3.65. The second-order valence-electron chi connectivity index (χ2n) is 10.5. The van der Waals surface area contributed by atoms with E-state index in [1.807, 2.05) is 0 Å². The van der Waals surface area contributed by atoms with Crippen LogP contribution in [0.5, 0.6) is 5.75 Å². The Labute approximate surface area is 212 Å². The topological polar surface area (TPSA) is 187 Å². The molecule has 0 aromatic heterocycles. The van der Waals surface area contributed by atoms with Gasteiger partial charge >= 0.3 is 0 Å². The lowest BCUT2D eigenvalue weighted by Gasteiger charge is -2.52. The molecular formula is C25H30N4O8. The molecule has 3 aliphatic rings. The number of hydrogen-bond donors (Lipinski definition) is 4. The van der Waals surface area contributed by atoms with Gasteiger partial charge in [-0.25, -0.2) is 0 Å². The van der Waals surface area contributed by atoms with Gasteiger partial charge in [0.15, 0.2) is 34.7 Å². The molecule has 4 unspecified atom stereocenters. The minimum absolute atomic E-state index is 0.0256. The zero-order chi connectivity index (χ0) is 27.7. The molecule has 6 atom stereocenters. The lowest BCUT2D eigenvalue weighted by molar-refractivity contribution is -0.181. The van der Waals surface area contributed by atoms with Crippen LogP contribution in [0.1, 0.15) is 29.3 Å². The molecule has 12 nitrogen and oxygen atoms in total. The molecule has 0 heterocycles. The number of phenols is 1. The van der Waals surface area contributed by atoms with E-state index in [1.54, 1.807) is 19.0 Å². The van der Waals surface area contributed by atoms with Gasteiger partial charge in [-0.1, -0.05) is 0 Å². The molecule has 5 N–H and O–H groups in total. The number of aliphatic hydroxyl groups is 1. The van der Waals surface area contributed by atoms with Crippen LogP contribution in [0, 0.1) is 23.7 Å². The minimum Gasteiger partial charge on any atom is -0.505 e. The normalized spacial score (nSPS) is 30.9. The molecule has 2 amide bonds. The van der Waals surface area contributed by atoms with E-state index in [4.69, 9.17) is 5.73 Å². The van der Waals surface area contributed by atoms with Crippen molar-refractivity contribution in [1.82, 2.24) is 4.90 Å². The second kappa shape index (κ2) is 8.73. The Kier molecular flexibility index (Phi) is 6.24. The van der Waals surface area contributed by atoms with Gasteiger partial charge in [0, 0.05) is 32.6 Å². The van der Waals surface area contributed by atoms with Crippen molar-refractivity contribution in [1.29, 1.82) is 0 Å². The predicted octanol–water partition coefficient (Wildman–Crippen LogP) is -1.11. The maximum atomic E-state index is 13.8. The number of benzene rings is 1. The Morgan fingerprint density at radius 3 is 2.24 bits per heavy atom. The number of amides is 2. The van der Waals surface area contributed by atoms with Crippen LogP contribution < -0.4 is 16.0 Å². The average molecular weight is 515 g/mol. The highest BCUT2D eigenvalue weighted by Gasteiger charge is 2.69. The quantitative estimate of drug-likeness (QED) is 0.283. The van der Waals surface area contributed by atoms with Crippen molar-refractivity contribution < 1.29 is 39.0 Å². The van der Waals surface area contributed by atoms with Gasteiger partial charge in [0.05, 0.1) is 23.2 Å². The fourth-order valence-electron chi connectivity index (χ4n) is 6.34. The first-order valence-corrected chi connectivity index (χ1v) is 11.8. The molecule has 0 saturated heterocycles. The van der Waals surface area contributed by atoms with E-state index < -0.39 is 76.0 Å². The summed E-state index contributed by atoms with van der Waals surface area (Å²) in [5.74, 6) is -11.7. The van der Waals surface area contributed by atoms with Crippen molar-refractivity contribution in [3.05, 3.63) is 17.2 Å². The van der Waals surface area contributed by atoms with Gasteiger partial charge in [-0.05, 0) is 44.5 Å². The molecule has 37 heavy (non-hydrogen) atoms. The molecule has 0 spiro atoms. The summed E-state index contributed by atoms with van der Waals surface area (Å²) in [4.78, 5) is 81.0. The molecule has 1 aromatic carbocycles. The van der Waals surface area contributed by atoms with Crippen LogP contribution in [0.3, 0.4) is 0 Å². The van der Waals surface area contributed by atoms with Crippen molar-refractivity contribution in [2.75, 3.05) is 38.4 Å². The number of rotatable bonds is 4. The number of primary amides is 1. The Balaban J connectivity index is 1.91.